The van der Waals surface area contributed by atoms with Gasteiger partial charge in [-0.2, -0.15) is 0 Å². The van der Waals surface area contributed by atoms with Crippen LogP contribution >= 0.6 is 0 Å². The molecule has 19 heavy (non-hydrogen) atoms. The Kier molecular flexibility index (Phi) is 5.99. The molecule has 1 aromatic rings. The van der Waals surface area contributed by atoms with Gasteiger partial charge in [-0.15, -0.1) is 0 Å². The molecular formula is C15H25N3O. The molecule has 0 radical (unpaired) electrons. The summed E-state index contributed by atoms with van der Waals surface area (Å²) >= 11 is 0. The van der Waals surface area contributed by atoms with E-state index in [0.717, 1.165) is 12.1 Å². The summed E-state index contributed by atoms with van der Waals surface area (Å²) in [6.45, 7) is 8.45. The number of hydrogen-bond acceptors (Lipinski definition) is 3. The number of rotatable bonds is 7. The lowest BCUT2D eigenvalue weighted by atomic mass is 10.0. The van der Waals surface area contributed by atoms with Crippen molar-refractivity contribution in [1.29, 1.82) is 0 Å². The zero-order valence-corrected chi connectivity index (χ0v) is 12.1. The van der Waals surface area contributed by atoms with Crippen LogP contribution in [0.3, 0.4) is 0 Å². The van der Waals surface area contributed by atoms with Crippen LogP contribution in [0.2, 0.25) is 0 Å². The Balaban J connectivity index is 2.46. The molecule has 106 valence electrons. The van der Waals surface area contributed by atoms with Crippen LogP contribution in [0.25, 0.3) is 0 Å². The second-order valence-corrected chi connectivity index (χ2v) is 5.29. The second kappa shape index (κ2) is 7.26. The third-order valence-corrected chi connectivity index (χ3v) is 3.40. The maximum absolute atomic E-state index is 12.0. The van der Waals surface area contributed by atoms with Crippen LogP contribution in [0, 0.1) is 0 Å². The Hall–Kier alpha value is -1.39. The highest BCUT2D eigenvalue weighted by Crippen LogP contribution is 2.11. The van der Waals surface area contributed by atoms with Crippen molar-refractivity contribution >= 4 is 5.91 Å². The maximum atomic E-state index is 12.0. The summed E-state index contributed by atoms with van der Waals surface area (Å²) in [6.07, 6.45) is 0. The summed E-state index contributed by atoms with van der Waals surface area (Å²) < 4.78 is 0. The fourth-order valence-electron chi connectivity index (χ4n) is 1.91. The summed E-state index contributed by atoms with van der Waals surface area (Å²) in [5, 5.41) is 2.94. The largest absolute Gasteiger partial charge is 0.351 e. The molecule has 1 aromatic carbocycles. The average molecular weight is 263 g/mol. The molecule has 4 heteroatoms. The smallest absolute Gasteiger partial charge is 0.234 e. The minimum atomic E-state index is -0.154. The Labute approximate surface area is 116 Å². The standard InChI is InChI=1S/C15H25N3O/c1-4-18(15(2,3)12-16)11-14(19)17-10-13-8-6-5-7-9-13/h5-9H,4,10-12,16H2,1-3H3,(H,17,19). The van der Waals surface area contributed by atoms with E-state index in [4.69, 9.17) is 5.73 Å². The number of nitrogens with two attached hydrogens (primary N) is 1. The first kappa shape index (κ1) is 15.7. The van der Waals surface area contributed by atoms with E-state index in [-0.39, 0.29) is 11.4 Å². The van der Waals surface area contributed by atoms with Gasteiger partial charge in [0.1, 0.15) is 0 Å². The Morgan fingerprint density at radius 2 is 1.95 bits per heavy atom. The molecule has 0 spiro atoms. The van der Waals surface area contributed by atoms with Gasteiger partial charge in [0.2, 0.25) is 5.91 Å². The van der Waals surface area contributed by atoms with Gasteiger partial charge in [0.15, 0.2) is 0 Å². The number of amides is 1. The summed E-state index contributed by atoms with van der Waals surface area (Å²) in [4.78, 5) is 14.0. The number of nitrogens with zero attached hydrogens (tertiary/aromatic N) is 1. The van der Waals surface area contributed by atoms with Gasteiger partial charge >= 0.3 is 0 Å². The van der Waals surface area contributed by atoms with Gasteiger partial charge in [0, 0.05) is 18.6 Å². The summed E-state index contributed by atoms with van der Waals surface area (Å²) in [5.41, 5.74) is 6.70. The van der Waals surface area contributed by atoms with Crippen LogP contribution < -0.4 is 11.1 Å². The van der Waals surface area contributed by atoms with Crippen LogP contribution in [-0.2, 0) is 11.3 Å². The summed E-state index contributed by atoms with van der Waals surface area (Å²) in [7, 11) is 0. The predicted molar refractivity (Wildman–Crippen MR) is 78.7 cm³/mol. The van der Waals surface area contributed by atoms with Crippen molar-refractivity contribution in [1.82, 2.24) is 10.2 Å². The molecular weight excluding hydrogens is 238 g/mol. The zero-order valence-electron chi connectivity index (χ0n) is 12.1. The van der Waals surface area contributed by atoms with Crippen molar-refractivity contribution in [2.24, 2.45) is 5.73 Å². The Bertz CT molecular complexity index is 390. The van der Waals surface area contributed by atoms with Crippen LogP contribution in [0.5, 0.6) is 0 Å². The summed E-state index contributed by atoms with van der Waals surface area (Å²) in [6, 6.07) is 9.91. The zero-order chi connectivity index (χ0) is 14.3. The van der Waals surface area contributed by atoms with Crippen molar-refractivity contribution in [2.45, 2.75) is 32.9 Å². The predicted octanol–water partition coefficient (Wildman–Crippen LogP) is 1.36. The Morgan fingerprint density at radius 3 is 2.47 bits per heavy atom. The van der Waals surface area contributed by atoms with E-state index >= 15 is 0 Å². The van der Waals surface area contributed by atoms with Crippen LogP contribution in [0.15, 0.2) is 30.3 Å². The molecule has 0 bridgehead atoms. The first-order valence-corrected chi connectivity index (χ1v) is 6.75. The molecule has 0 fully saturated rings. The number of nitrogens with one attached hydrogen (secondary N) is 1. The van der Waals surface area contributed by atoms with E-state index in [0.29, 0.717) is 19.6 Å². The quantitative estimate of drug-likeness (QED) is 0.781. The number of carbonyl (C=O) groups is 1. The molecule has 0 aliphatic carbocycles. The van der Waals surface area contributed by atoms with E-state index in [2.05, 4.69) is 24.1 Å². The molecule has 3 N–H and O–H groups in total. The topological polar surface area (TPSA) is 58.4 Å². The highest BCUT2D eigenvalue weighted by atomic mass is 16.2. The van der Waals surface area contributed by atoms with Gasteiger partial charge in [-0.05, 0) is 26.0 Å². The van der Waals surface area contributed by atoms with Gasteiger partial charge < -0.3 is 11.1 Å². The van der Waals surface area contributed by atoms with E-state index in [9.17, 15) is 4.79 Å². The minimum absolute atomic E-state index is 0.0345. The summed E-state index contributed by atoms with van der Waals surface area (Å²) in [5.74, 6) is 0.0345. The molecule has 0 unspecified atom stereocenters. The first-order valence-electron chi connectivity index (χ1n) is 6.75. The average Bonchev–Trinajstić information content (AvgIpc) is 2.43. The molecule has 0 saturated heterocycles. The van der Waals surface area contributed by atoms with E-state index in [1.165, 1.54) is 0 Å². The van der Waals surface area contributed by atoms with Crippen LogP contribution in [0.1, 0.15) is 26.3 Å². The molecule has 1 rings (SSSR count). The van der Waals surface area contributed by atoms with Gasteiger partial charge in [0.25, 0.3) is 0 Å². The molecule has 0 saturated carbocycles. The number of hydrogen-bond donors (Lipinski definition) is 2. The molecule has 0 aromatic heterocycles. The van der Waals surface area contributed by atoms with Crippen molar-refractivity contribution < 1.29 is 4.79 Å². The minimum Gasteiger partial charge on any atom is -0.351 e. The fraction of sp³-hybridized carbons (Fsp3) is 0.533. The molecule has 4 nitrogen and oxygen atoms in total. The highest BCUT2D eigenvalue weighted by molar-refractivity contribution is 5.78. The lowest BCUT2D eigenvalue weighted by molar-refractivity contribution is -0.123. The number of likely N-dealkylation sites (N-methyl/N-ethyl adjacent to an activating group) is 1. The molecule has 0 aliphatic heterocycles. The van der Waals surface area contributed by atoms with E-state index in [1.54, 1.807) is 0 Å². The molecule has 0 aliphatic rings. The third kappa shape index (κ3) is 5.01. The highest BCUT2D eigenvalue weighted by Gasteiger charge is 2.25. The van der Waals surface area contributed by atoms with Gasteiger partial charge in [-0.1, -0.05) is 37.3 Å². The third-order valence-electron chi connectivity index (χ3n) is 3.40. The second-order valence-electron chi connectivity index (χ2n) is 5.29. The van der Waals surface area contributed by atoms with Crippen molar-refractivity contribution in [3.8, 4) is 0 Å². The SMILES string of the molecule is CCN(CC(=O)NCc1ccccc1)C(C)(C)CN. The van der Waals surface area contributed by atoms with Crippen LogP contribution in [-0.4, -0.2) is 36.0 Å². The van der Waals surface area contributed by atoms with E-state index < -0.39 is 0 Å². The van der Waals surface area contributed by atoms with Crippen LogP contribution in [0.4, 0.5) is 0 Å². The lowest BCUT2D eigenvalue weighted by Crippen LogP contribution is -2.52. The molecule has 0 heterocycles. The fourth-order valence-corrected chi connectivity index (χ4v) is 1.91. The molecule has 0 atom stereocenters. The van der Waals surface area contributed by atoms with Gasteiger partial charge in [-0.3, -0.25) is 9.69 Å². The maximum Gasteiger partial charge on any atom is 0.234 e. The molecule has 1 amide bonds. The van der Waals surface area contributed by atoms with E-state index in [1.807, 2.05) is 37.3 Å². The van der Waals surface area contributed by atoms with Gasteiger partial charge in [-0.25, -0.2) is 0 Å². The first-order chi connectivity index (χ1) is 8.99. The van der Waals surface area contributed by atoms with Crippen molar-refractivity contribution in [3.63, 3.8) is 0 Å². The van der Waals surface area contributed by atoms with Gasteiger partial charge in [0.05, 0.1) is 6.54 Å². The Morgan fingerprint density at radius 1 is 1.32 bits per heavy atom. The normalized spacial score (nSPS) is 11.6. The van der Waals surface area contributed by atoms with Crippen molar-refractivity contribution in [2.75, 3.05) is 19.6 Å². The number of carbonyl (C=O) groups excluding carboxylic acids is 1. The lowest BCUT2D eigenvalue weighted by Gasteiger charge is -2.36. The monoisotopic (exact) mass is 263 g/mol. The van der Waals surface area contributed by atoms with Crippen molar-refractivity contribution in [3.05, 3.63) is 35.9 Å². The number of benzene rings is 1.